The Morgan fingerprint density at radius 1 is 1.39 bits per heavy atom. The molecule has 1 aliphatic rings. The number of morpholine rings is 1. The molecule has 1 amide bonds. The second-order valence-electron chi connectivity index (χ2n) is 6.26. The molecule has 31 heavy (non-hydrogen) atoms. The third-order valence-electron chi connectivity index (χ3n) is 4.18. The van der Waals surface area contributed by atoms with Gasteiger partial charge in [-0.15, -0.1) is 16.8 Å². The average molecular weight is 486 g/mol. The van der Waals surface area contributed by atoms with Crippen molar-refractivity contribution in [2.45, 2.75) is 9.24 Å². The lowest BCUT2D eigenvalue weighted by molar-refractivity contribution is -0.113. The van der Waals surface area contributed by atoms with E-state index < -0.39 is 10.0 Å². The van der Waals surface area contributed by atoms with Gasteiger partial charge in [0.05, 0.1) is 36.7 Å². The fraction of sp³-hybridized carbons (Fsp3) is 0.389. The van der Waals surface area contributed by atoms with E-state index in [0.29, 0.717) is 35.0 Å². The van der Waals surface area contributed by atoms with Gasteiger partial charge >= 0.3 is 0 Å². The number of methoxy groups -OCH3 is 1. The molecule has 1 aliphatic heterocycles. The molecule has 0 bridgehead atoms. The number of amides is 1. The van der Waals surface area contributed by atoms with E-state index in [2.05, 4.69) is 27.4 Å². The maximum atomic E-state index is 12.9. The Hall–Kier alpha value is -2.19. The number of ether oxygens (including phenoxy) is 2. The summed E-state index contributed by atoms with van der Waals surface area (Å²) >= 11 is 2.57. The molecule has 1 aromatic heterocycles. The van der Waals surface area contributed by atoms with Gasteiger partial charge in [-0.25, -0.2) is 8.42 Å². The van der Waals surface area contributed by atoms with Gasteiger partial charge in [0.2, 0.25) is 21.1 Å². The van der Waals surface area contributed by atoms with E-state index in [1.807, 2.05) is 0 Å². The SMILES string of the molecule is C=CCNc1nnc(SCC(=O)Nc2cc(S(=O)(=O)N3CCOCC3)ccc2OC)s1. The number of carbonyl (C=O) groups is 1. The molecule has 0 atom stereocenters. The first-order valence-corrected chi connectivity index (χ1v) is 12.5. The molecular weight excluding hydrogens is 462 g/mol. The van der Waals surface area contributed by atoms with E-state index >= 15 is 0 Å². The van der Waals surface area contributed by atoms with Gasteiger partial charge in [0, 0.05) is 19.6 Å². The van der Waals surface area contributed by atoms with Crippen molar-refractivity contribution in [1.82, 2.24) is 14.5 Å². The summed E-state index contributed by atoms with van der Waals surface area (Å²) in [5.41, 5.74) is 0.285. The lowest BCUT2D eigenvalue weighted by atomic mass is 10.3. The lowest BCUT2D eigenvalue weighted by Crippen LogP contribution is -2.40. The molecule has 10 nitrogen and oxygen atoms in total. The van der Waals surface area contributed by atoms with Crippen molar-refractivity contribution >= 4 is 49.8 Å². The van der Waals surface area contributed by atoms with Crippen LogP contribution in [0.3, 0.4) is 0 Å². The summed E-state index contributed by atoms with van der Waals surface area (Å²) in [6.07, 6.45) is 1.71. The first-order valence-electron chi connectivity index (χ1n) is 9.31. The van der Waals surface area contributed by atoms with Crippen molar-refractivity contribution in [1.29, 1.82) is 0 Å². The van der Waals surface area contributed by atoms with Crippen LogP contribution >= 0.6 is 23.1 Å². The van der Waals surface area contributed by atoms with Crippen LogP contribution in [0.25, 0.3) is 0 Å². The average Bonchev–Trinajstić information content (AvgIpc) is 3.24. The molecule has 0 saturated carbocycles. The summed E-state index contributed by atoms with van der Waals surface area (Å²) in [6, 6.07) is 4.40. The minimum Gasteiger partial charge on any atom is -0.495 e. The van der Waals surface area contributed by atoms with Crippen molar-refractivity contribution in [3.05, 3.63) is 30.9 Å². The van der Waals surface area contributed by atoms with Crippen LogP contribution in [0.15, 0.2) is 40.1 Å². The van der Waals surface area contributed by atoms with Crippen LogP contribution in [0.2, 0.25) is 0 Å². The monoisotopic (exact) mass is 485 g/mol. The number of carbonyl (C=O) groups excluding carboxylic acids is 1. The summed E-state index contributed by atoms with van der Waals surface area (Å²) in [4.78, 5) is 12.5. The molecule has 1 saturated heterocycles. The van der Waals surface area contributed by atoms with Gasteiger partial charge in [0.25, 0.3) is 0 Å². The maximum Gasteiger partial charge on any atom is 0.243 e. The molecular formula is C18H23N5O5S3. The summed E-state index contributed by atoms with van der Waals surface area (Å²) in [5.74, 6) is 0.130. The first-order chi connectivity index (χ1) is 14.9. The third kappa shape index (κ3) is 6.17. The van der Waals surface area contributed by atoms with E-state index in [4.69, 9.17) is 9.47 Å². The molecule has 1 aromatic carbocycles. The lowest BCUT2D eigenvalue weighted by Gasteiger charge is -2.26. The van der Waals surface area contributed by atoms with Crippen molar-refractivity contribution in [3.63, 3.8) is 0 Å². The number of nitrogens with one attached hydrogen (secondary N) is 2. The molecule has 13 heteroatoms. The number of sulfonamides is 1. The highest BCUT2D eigenvalue weighted by atomic mass is 32.2. The summed E-state index contributed by atoms with van der Waals surface area (Å²) < 4.78 is 38.3. The smallest absolute Gasteiger partial charge is 0.243 e. The summed E-state index contributed by atoms with van der Waals surface area (Å²) in [6.45, 7) is 5.48. The number of aromatic nitrogens is 2. The van der Waals surface area contributed by atoms with Crippen LogP contribution in [0.4, 0.5) is 10.8 Å². The van der Waals surface area contributed by atoms with Crippen molar-refractivity contribution in [3.8, 4) is 5.75 Å². The van der Waals surface area contributed by atoms with Crippen LogP contribution < -0.4 is 15.4 Å². The second-order valence-corrected chi connectivity index (χ2v) is 10.4. The molecule has 0 spiro atoms. The van der Waals surface area contributed by atoms with E-state index in [9.17, 15) is 13.2 Å². The van der Waals surface area contributed by atoms with E-state index in [1.165, 1.54) is 52.7 Å². The molecule has 2 N–H and O–H groups in total. The highest BCUT2D eigenvalue weighted by Crippen LogP contribution is 2.30. The zero-order valence-electron chi connectivity index (χ0n) is 16.9. The number of nitrogens with zero attached hydrogens (tertiary/aromatic N) is 3. The first kappa shape index (κ1) is 23.5. The Kier molecular flexibility index (Phi) is 8.26. The van der Waals surface area contributed by atoms with E-state index in [1.54, 1.807) is 6.08 Å². The van der Waals surface area contributed by atoms with Gasteiger partial charge in [-0.1, -0.05) is 29.2 Å². The zero-order valence-corrected chi connectivity index (χ0v) is 19.3. The normalized spacial score (nSPS) is 14.7. The maximum absolute atomic E-state index is 12.9. The molecule has 0 aliphatic carbocycles. The Labute approximate surface area is 189 Å². The minimum atomic E-state index is -3.69. The predicted octanol–water partition coefficient (Wildman–Crippen LogP) is 1.90. The van der Waals surface area contributed by atoms with Gasteiger partial charge < -0.3 is 20.1 Å². The number of rotatable bonds is 10. The largest absolute Gasteiger partial charge is 0.495 e. The molecule has 1 fully saturated rings. The second kappa shape index (κ2) is 10.9. The zero-order chi connectivity index (χ0) is 22.3. The number of anilines is 2. The van der Waals surface area contributed by atoms with Crippen LogP contribution in [-0.2, 0) is 19.6 Å². The highest BCUT2D eigenvalue weighted by molar-refractivity contribution is 8.01. The van der Waals surface area contributed by atoms with Gasteiger partial charge in [0.1, 0.15) is 5.75 Å². The van der Waals surface area contributed by atoms with Crippen LogP contribution in [0.5, 0.6) is 5.75 Å². The Balaban J connectivity index is 1.67. The van der Waals surface area contributed by atoms with Gasteiger partial charge in [-0.3, -0.25) is 4.79 Å². The van der Waals surface area contributed by atoms with Crippen LogP contribution in [0.1, 0.15) is 0 Å². The quantitative estimate of drug-likeness (QED) is 0.384. The molecule has 3 rings (SSSR count). The molecule has 2 heterocycles. The highest BCUT2D eigenvalue weighted by Gasteiger charge is 2.27. The standard InChI is InChI=1S/C18H23N5O5S3/c1-3-6-19-17-21-22-18(30-17)29-12-16(24)20-14-11-13(4-5-15(14)27-2)31(25,26)23-7-9-28-10-8-23/h3-5,11H,1,6-10,12H2,2H3,(H,19,21)(H,20,24). The van der Waals surface area contributed by atoms with E-state index in [-0.39, 0.29) is 35.3 Å². The Morgan fingerprint density at radius 2 is 2.16 bits per heavy atom. The van der Waals surface area contributed by atoms with Crippen molar-refractivity contribution in [2.75, 3.05) is 56.3 Å². The fourth-order valence-electron chi connectivity index (χ4n) is 2.69. The number of hydrogen-bond acceptors (Lipinski definition) is 10. The van der Waals surface area contributed by atoms with Crippen molar-refractivity contribution < 1.29 is 22.7 Å². The summed E-state index contributed by atoms with van der Waals surface area (Å²) in [7, 11) is -2.24. The van der Waals surface area contributed by atoms with Crippen LogP contribution in [0, 0.1) is 0 Å². The molecule has 2 aromatic rings. The Bertz CT molecular complexity index is 1020. The van der Waals surface area contributed by atoms with Gasteiger partial charge in [-0.2, -0.15) is 4.31 Å². The fourth-order valence-corrected chi connectivity index (χ4v) is 5.69. The number of hydrogen-bond donors (Lipinski definition) is 2. The van der Waals surface area contributed by atoms with Crippen molar-refractivity contribution in [2.24, 2.45) is 0 Å². The number of thioether (sulfide) groups is 1. The number of benzene rings is 1. The van der Waals surface area contributed by atoms with Crippen LogP contribution in [-0.4, -0.2) is 74.5 Å². The Morgan fingerprint density at radius 3 is 2.87 bits per heavy atom. The van der Waals surface area contributed by atoms with Gasteiger partial charge in [0.15, 0.2) is 4.34 Å². The van der Waals surface area contributed by atoms with Gasteiger partial charge in [-0.05, 0) is 18.2 Å². The molecule has 0 radical (unpaired) electrons. The molecule has 0 unspecified atom stereocenters. The third-order valence-corrected chi connectivity index (χ3v) is 8.09. The minimum absolute atomic E-state index is 0.0830. The predicted molar refractivity (Wildman–Crippen MR) is 121 cm³/mol. The summed E-state index contributed by atoms with van der Waals surface area (Å²) in [5, 5.41) is 14.4. The topological polar surface area (TPSA) is 123 Å². The van der Waals surface area contributed by atoms with E-state index in [0.717, 1.165) is 0 Å². The molecule has 168 valence electrons.